The number of aliphatic hydroxyl groups is 1. The summed E-state index contributed by atoms with van der Waals surface area (Å²) in [4.78, 5) is 64.5. The first-order valence-electron chi connectivity index (χ1n) is 15.1. The zero-order valence-corrected chi connectivity index (χ0v) is 26.9. The molecule has 1 fully saturated rings. The zero-order valence-electron chi connectivity index (χ0n) is 26.9. The molecule has 4 unspecified atom stereocenters. The Morgan fingerprint density at radius 2 is 0.571 bits per heavy atom. The molecule has 4 atom stereocenters. The Morgan fingerprint density at radius 3 is 0.762 bits per heavy atom. The van der Waals surface area contributed by atoms with Gasteiger partial charge in [0.25, 0.3) is 0 Å². The van der Waals surface area contributed by atoms with E-state index in [2.05, 4.69) is 0 Å². The first-order chi connectivity index (χ1) is 19.4. The van der Waals surface area contributed by atoms with Gasteiger partial charge in [0, 0.05) is 32.1 Å². The monoisotopic (exact) mass is 600 g/mol. The number of esters is 5. The highest BCUT2D eigenvalue weighted by Crippen LogP contribution is 2.34. The number of rotatable bonds is 15. The van der Waals surface area contributed by atoms with E-state index in [1.54, 1.807) is 69.2 Å². The average molecular weight is 601 g/mol. The Balaban J connectivity index is 3.74. The van der Waals surface area contributed by atoms with Crippen LogP contribution in [-0.2, 0) is 47.7 Å². The van der Waals surface area contributed by atoms with Crippen LogP contribution in [0.4, 0.5) is 0 Å². The molecule has 0 spiro atoms. The van der Waals surface area contributed by atoms with E-state index in [0.717, 1.165) is 0 Å². The number of hydrogen-bond acceptors (Lipinski definition) is 11. The highest BCUT2D eigenvalue weighted by Gasteiger charge is 2.59. The lowest BCUT2D eigenvalue weighted by Crippen LogP contribution is -2.68. The van der Waals surface area contributed by atoms with Crippen LogP contribution in [0, 0.1) is 29.6 Å². The summed E-state index contributed by atoms with van der Waals surface area (Å²) in [6.45, 7) is 18.0. The maximum absolute atomic E-state index is 13.0. The second-order valence-electron chi connectivity index (χ2n) is 13.3. The SMILES string of the molecule is CC(C)CC(=O)OC1C(O)C(OC(=O)CC(C)C)C(OC(=O)CC(C)C)C(OC(=O)CC(C)C)C1OC(=O)CC(C)C. The molecule has 0 heterocycles. The number of hydrogen-bond donors (Lipinski definition) is 1. The Hall–Kier alpha value is -2.69. The van der Waals surface area contributed by atoms with E-state index < -0.39 is 66.5 Å². The molecule has 0 aliphatic heterocycles. The molecule has 1 aliphatic rings. The molecule has 42 heavy (non-hydrogen) atoms. The van der Waals surface area contributed by atoms with E-state index in [1.165, 1.54) is 0 Å². The molecule has 1 rings (SSSR count). The fourth-order valence-electron chi connectivity index (χ4n) is 4.48. The molecule has 0 saturated heterocycles. The lowest BCUT2D eigenvalue weighted by Gasteiger charge is -2.46. The van der Waals surface area contributed by atoms with E-state index in [9.17, 15) is 29.1 Å². The Morgan fingerprint density at radius 1 is 0.405 bits per heavy atom. The molecule has 0 aromatic carbocycles. The van der Waals surface area contributed by atoms with Crippen LogP contribution >= 0.6 is 0 Å². The van der Waals surface area contributed by atoms with Crippen LogP contribution in [0.2, 0.25) is 0 Å². The van der Waals surface area contributed by atoms with Gasteiger partial charge in [-0.05, 0) is 29.6 Å². The van der Waals surface area contributed by atoms with Crippen LogP contribution in [0.5, 0.6) is 0 Å². The van der Waals surface area contributed by atoms with Gasteiger partial charge >= 0.3 is 29.8 Å². The van der Waals surface area contributed by atoms with E-state index in [-0.39, 0.29) is 61.7 Å². The lowest BCUT2D eigenvalue weighted by molar-refractivity contribution is -0.258. The summed E-state index contributed by atoms with van der Waals surface area (Å²) in [5.74, 6) is -3.97. The van der Waals surface area contributed by atoms with Gasteiger partial charge in [0.2, 0.25) is 0 Å². The van der Waals surface area contributed by atoms with Crippen molar-refractivity contribution in [3.8, 4) is 0 Å². The molecule has 0 aromatic rings. The summed E-state index contributed by atoms with van der Waals surface area (Å²) in [7, 11) is 0. The third-order valence-corrected chi connectivity index (χ3v) is 6.18. The second-order valence-corrected chi connectivity index (χ2v) is 13.3. The van der Waals surface area contributed by atoms with Crippen LogP contribution in [0.15, 0.2) is 0 Å². The summed E-state index contributed by atoms with van der Waals surface area (Å²) in [6, 6.07) is 0. The molecule has 1 N–H and O–H groups in total. The summed E-state index contributed by atoms with van der Waals surface area (Å²) >= 11 is 0. The first kappa shape index (κ1) is 37.3. The standard InChI is InChI=1S/C31H52O11/c1-16(2)11-21(32)38-27-26(37)28(39-22(33)12-17(3)4)30(41-24(35)14-19(7)8)31(42-25(36)15-20(9)10)29(27)40-23(34)13-18(5)6/h16-20,26-31,37H,11-15H2,1-10H3. The van der Waals surface area contributed by atoms with Crippen LogP contribution < -0.4 is 0 Å². The van der Waals surface area contributed by atoms with Crippen molar-refractivity contribution in [3.63, 3.8) is 0 Å². The molecule has 11 heteroatoms. The molecular formula is C31H52O11. The smallest absolute Gasteiger partial charge is 0.306 e. The maximum atomic E-state index is 13.0. The largest absolute Gasteiger partial charge is 0.455 e. The lowest BCUT2D eigenvalue weighted by atomic mass is 9.83. The van der Waals surface area contributed by atoms with Crippen molar-refractivity contribution in [1.82, 2.24) is 0 Å². The summed E-state index contributed by atoms with van der Waals surface area (Å²) in [5.41, 5.74) is 0. The summed E-state index contributed by atoms with van der Waals surface area (Å²) in [6.07, 6.45) is -9.66. The predicted molar refractivity (Wildman–Crippen MR) is 153 cm³/mol. The third-order valence-electron chi connectivity index (χ3n) is 6.18. The van der Waals surface area contributed by atoms with Crippen molar-refractivity contribution >= 4 is 29.8 Å². The normalized spacial score (nSPS) is 24.2. The molecule has 11 nitrogen and oxygen atoms in total. The predicted octanol–water partition coefficient (Wildman–Crippen LogP) is 4.15. The number of carbonyl (C=O) groups excluding carboxylic acids is 5. The fraction of sp³-hybridized carbons (Fsp3) is 0.839. The zero-order chi connectivity index (χ0) is 32.3. The van der Waals surface area contributed by atoms with Crippen LogP contribution in [0.3, 0.4) is 0 Å². The topological polar surface area (TPSA) is 152 Å². The van der Waals surface area contributed by atoms with Gasteiger partial charge in [-0.2, -0.15) is 0 Å². The van der Waals surface area contributed by atoms with Crippen molar-refractivity contribution in [2.75, 3.05) is 0 Å². The first-order valence-corrected chi connectivity index (χ1v) is 15.1. The molecule has 242 valence electrons. The van der Waals surface area contributed by atoms with Gasteiger partial charge in [-0.1, -0.05) is 69.2 Å². The minimum absolute atomic E-state index is 0.0156. The third kappa shape index (κ3) is 13.1. The highest BCUT2D eigenvalue weighted by atomic mass is 16.7. The quantitative estimate of drug-likeness (QED) is 0.213. The van der Waals surface area contributed by atoms with Crippen LogP contribution in [0.25, 0.3) is 0 Å². The molecule has 0 amide bonds. The molecule has 1 aliphatic carbocycles. The van der Waals surface area contributed by atoms with E-state index in [1.807, 2.05) is 0 Å². The molecule has 1 saturated carbocycles. The summed E-state index contributed by atoms with van der Waals surface area (Å²) < 4.78 is 28.6. The second kappa shape index (κ2) is 17.4. The van der Waals surface area contributed by atoms with Crippen molar-refractivity contribution < 1.29 is 52.8 Å². The Bertz CT molecular complexity index is 849. The van der Waals surface area contributed by atoms with Crippen molar-refractivity contribution in [3.05, 3.63) is 0 Å². The van der Waals surface area contributed by atoms with Crippen molar-refractivity contribution in [2.24, 2.45) is 29.6 Å². The highest BCUT2D eigenvalue weighted by molar-refractivity contribution is 5.73. The minimum atomic E-state index is -1.77. The van der Waals surface area contributed by atoms with Gasteiger partial charge in [-0.25, -0.2) is 0 Å². The number of carbonyl (C=O) groups is 5. The van der Waals surface area contributed by atoms with Crippen molar-refractivity contribution in [2.45, 2.75) is 138 Å². The molecule has 0 radical (unpaired) electrons. The van der Waals surface area contributed by atoms with Gasteiger partial charge in [0.15, 0.2) is 30.5 Å². The van der Waals surface area contributed by atoms with E-state index >= 15 is 0 Å². The van der Waals surface area contributed by atoms with Crippen LogP contribution in [-0.4, -0.2) is 71.6 Å². The molecule has 0 aromatic heterocycles. The van der Waals surface area contributed by atoms with Gasteiger partial charge in [-0.3, -0.25) is 24.0 Å². The average Bonchev–Trinajstić information content (AvgIpc) is 2.78. The van der Waals surface area contributed by atoms with Gasteiger partial charge in [0.1, 0.15) is 6.10 Å². The summed E-state index contributed by atoms with van der Waals surface area (Å²) in [5, 5.41) is 11.5. The molecule has 0 bridgehead atoms. The van der Waals surface area contributed by atoms with Gasteiger partial charge in [-0.15, -0.1) is 0 Å². The number of aliphatic hydroxyl groups excluding tert-OH is 1. The molecular weight excluding hydrogens is 548 g/mol. The van der Waals surface area contributed by atoms with Gasteiger partial charge in [0.05, 0.1) is 0 Å². The fourth-order valence-corrected chi connectivity index (χ4v) is 4.48. The number of ether oxygens (including phenoxy) is 5. The Kier molecular flexibility index (Phi) is 15.5. The van der Waals surface area contributed by atoms with Crippen molar-refractivity contribution in [1.29, 1.82) is 0 Å². The maximum Gasteiger partial charge on any atom is 0.306 e. The van der Waals surface area contributed by atoms with E-state index in [0.29, 0.717) is 0 Å². The Labute approximate surface area is 250 Å². The minimum Gasteiger partial charge on any atom is -0.455 e. The van der Waals surface area contributed by atoms with Crippen LogP contribution in [0.1, 0.15) is 101 Å². The van der Waals surface area contributed by atoms with Gasteiger partial charge < -0.3 is 28.8 Å². The van der Waals surface area contributed by atoms with E-state index in [4.69, 9.17) is 23.7 Å².